The second-order valence-corrected chi connectivity index (χ2v) is 5.68. The van der Waals surface area contributed by atoms with Crippen LogP contribution in [-0.4, -0.2) is 14.4 Å². The van der Waals surface area contributed by atoms with Crippen LogP contribution < -0.4 is 5.32 Å². The van der Waals surface area contributed by atoms with Crippen molar-refractivity contribution < 1.29 is 0 Å². The molecule has 100 valence electrons. The van der Waals surface area contributed by atoms with Gasteiger partial charge in [-0.3, -0.25) is 0 Å². The van der Waals surface area contributed by atoms with E-state index in [1.165, 1.54) is 37.8 Å². The Kier molecular flexibility index (Phi) is 8.46. The third-order valence-electron chi connectivity index (χ3n) is 4.55. The summed E-state index contributed by atoms with van der Waals surface area (Å²) < 4.78 is 0. The van der Waals surface area contributed by atoms with E-state index in [1.54, 1.807) is 0 Å². The molecule has 17 heavy (non-hydrogen) atoms. The molecule has 0 bridgehead atoms. The van der Waals surface area contributed by atoms with Crippen LogP contribution in [0, 0.1) is 5.41 Å². The lowest BCUT2D eigenvalue weighted by atomic mass is 9.61. The van der Waals surface area contributed by atoms with Gasteiger partial charge in [0.2, 0.25) is 0 Å². The van der Waals surface area contributed by atoms with Crippen LogP contribution in [0.1, 0.15) is 66.2 Å². The van der Waals surface area contributed by atoms with Crippen LogP contribution in [-0.2, 0) is 0 Å². The quantitative estimate of drug-likeness (QED) is 0.448. The highest BCUT2D eigenvalue weighted by molar-refractivity contribution is 6.12. The van der Waals surface area contributed by atoms with Gasteiger partial charge in [0.15, 0.2) is 0 Å². The lowest BCUT2D eigenvalue weighted by Gasteiger charge is -2.34. The van der Waals surface area contributed by atoms with Gasteiger partial charge in [-0.05, 0) is 18.3 Å². The lowest BCUT2D eigenvalue weighted by molar-refractivity contribution is 0.264. The van der Waals surface area contributed by atoms with Crippen LogP contribution in [0.4, 0.5) is 0 Å². The van der Waals surface area contributed by atoms with Crippen molar-refractivity contribution in [3.05, 3.63) is 12.3 Å². The zero-order chi connectivity index (χ0) is 13.3. The van der Waals surface area contributed by atoms with Crippen molar-refractivity contribution in [2.24, 2.45) is 5.41 Å². The Morgan fingerprint density at radius 1 is 1.29 bits per heavy atom. The van der Waals surface area contributed by atoms with Gasteiger partial charge in [0, 0.05) is 12.2 Å². The number of hydrogen-bond acceptors (Lipinski definition) is 1. The maximum atomic E-state index is 4.03. The van der Waals surface area contributed by atoms with Gasteiger partial charge < -0.3 is 5.32 Å². The Morgan fingerprint density at radius 2 is 1.88 bits per heavy atom. The molecule has 1 unspecified atom stereocenters. The highest BCUT2D eigenvalue weighted by Gasteiger charge is 2.26. The topological polar surface area (TPSA) is 12.0 Å². The smallest absolute Gasteiger partial charge is 0.106 e. The van der Waals surface area contributed by atoms with Crippen LogP contribution in [0.2, 0.25) is 5.82 Å². The van der Waals surface area contributed by atoms with Gasteiger partial charge in [0.1, 0.15) is 7.85 Å². The third-order valence-corrected chi connectivity index (χ3v) is 4.55. The average molecular weight is 237 g/mol. The molecule has 2 heteroatoms. The molecule has 0 heterocycles. The van der Waals surface area contributed by atoms with Crippen molar-refractivity contribution in [2.45, 2.75) is 72.0 Å². The predicted octanol–water partition coefficient (Wildman–Crippen LogP) is 3.92. The Bertz CT molecular complexity index is 209. The molecule has 0 fully saturated rings. The van der Waals surface area contributed by atoms with Crippen molar-refractivity contribution in [3.8, 4) is 0 Å². The number of allylic oxidation sites excluding steroid dienone is 1. The summed E-state index contributed by atoms with van der Waals surface area (Å²) in [5.41, 5.74) is 1.73. The second-order valence-electron chi connectivity index (χ2n) is 5.68. The first-order valence-electron chi connectivity index (χ1n) is 7.41. The second kappa shape index (κ2) is 8.66. The first kappa shape index (κ1) is 16.6. The van der Waals surface area contributed by atoms with Crippen molar-refractivity contribution in [1.29, 1.82) is 0 Å². The van der Waals surface area contributed by atoms with E-state index in [-0.39, 0.29) is 0 Å². The maximum absolute atomic E-state index is 4.03. The first-order chi connectivity index (χ1) is 8.00. The Labute approximate surface area is 110 Å². The van der Waals surface area contributed by atoms with Crippen LogP contribution in [0.15, 0.2) is 12.3 Å². The standard InChI is InChI=1S/C15H32BN/c1-6-10-13(4)17-12-9-11-14(16)15(5,7-2)8-3/h14,17H,4,6-12,16H2,1-3,5H3. The molecular formula is C15H32BN. The molecule has 0 aromatic carbocycles. The van der Waals surface area contributed by atoms with Crippen LogP contribution in [0.5, 0.6) is 0 Å². The minimum absolute atomic E-state index is 0.528. The molecule has 0 rings (SSSR count). The van der Waals surface area contributed by atoms with Crippen LogP contribution in [0.25, 0.3) is 0 Å². The van der Waals surface area contributed by atoms with Gasteiger partial charge in [-0.1, -0.05) is 65.8 Å². The Balaban J connectivity index is 3.78. The number of nitrogens with one attached hydrogen (secondary N) is 1. The molecule has 1 atom stereocenters. The summed E-state index contributed by atoms with van der Waals surface area (Å²) in [6, 6.07) is 0. The summed E-state index contributed by atoms with van der Waals surface area (Å²) in [6.07, 6.45) is 7.47. The van der Waals surface area contributed by atoms with E-state index in [4.69, 9.17) is 0 Å². The van der Waals surface area contributed by atoms with Crippen molar-refractivity contribution in [1.82, 2.24) is 5.32 Å². The van der Waals surface area contributed by atoms with Crippen molar-refractivity contribution in [2.75, 3.05) is 6.54 Å². The predicted molar refractivity (Wildman–Crippen MR) is 82.3 cm³/mol. The molecule has 0 amide bonds. The monoisotopic (exact) mass is 237 g/mol. The molecular weight excluding hydrogens is 205 g/mol. The summed E-state index contributed by atoms with van der Waals surface area (Å²) in [5, 5.41) is 3.43. The summed E-state index contributed by atoms with van der Waals surface area (Å²) in [5.74, 6) is 0.818. The van der Waals surface area contributed by atoms with Crippen molar-refractivity contribution in [3.63, 3.8) is 0 Å². The molecule has 1 nitrogen and oxygen atoms in total. The SMILES string of the molecule is BC(CCCNC(=C)CCC)C(C)(CC)CC. The summed E-state index contributed by atoms with van der Waals surface area (Å²) >= 11 is 0. The zero-order valence-corrected chi connectivity index (χ0v) is 12.7. The summed E-state index contributed by atoms with van der Waals surface area (Å²) in [7, 11) is 2.41. The molecule has 0 saturated heterocycles. The van der Waals surface area contributed by atoms with Crippen LogP contribution in [0.3, 0.4) is 0 Å². The highest BCUT2D eigenvalue weighted by atomic mass is 14.9. The van der Waals surface area contributed by atoms with Gasteiger partial charge in [-0.15, -0.1) is 0 Å². The molecule has 1 N–H and O–H groups in total. The van der Waals surface area contributed by atoms with Gasteiger partial charge in [-0.2, -0.15) is 0 Å². The number of hydrogen-bond donors (Lipinski definition) is 1. The third kappa shape index (κ3) is 6.19. The molecule has 0 aliphatic heterocycles. The maximum Gasteiger partial charge on any atom is 0.106 e. The molecule has 0 aliphatic rings. The van der Waals surface area contributed by atoms with E-state index in [2.05, 4.69) is 47.4 Å². The molecule has 0 aromatic rings. The molecule has 0 saturated carbocycles. The van der Waals surface area contributed by atoms with E-state index in [0.29, 0.717) is 5.41 Å². The van der Waals surface area contributed by atoms with E-state index in [0.717, 1.165) is 18.8 Å². The zero-order valence-electron chi connectivity index (χ0n) is 12.7. The molecule has 0 aliphatic carbocycles. The van der Waals surface area contributed by atoms with Gasteiger partial charge in [0.25, 0.3) is 0 Å². The fraction of sp³-hybridized carbons (Fsp3) is 0.867. The lowest BCUT2D eigenvalue weighted by Crippen LogP contribution is -2.23. The van der Waals surface area contributed by atoms with E-state index in [1.807, 2.05) is 0 Å². The molecule has 0 aromatic heterocycles. The highest BCUT2D eigenvalue weighted by Crippen LogP contribution is 2.39. The van der Waals surface area contributed by atoms with E-state index < -0.39 is 0 Å². The number of rotatable bonds is 10. The Morgan fingerprint density at radius 3 is 2.35 bits per heavy atom. The minimum Gasteiger partial charge on any atom is -0.389 e. The van der Waals surface area contributed by atoms with E-state index in [9.17, 15) is 0 Å². The first-order valence-corrected chi connectivity index (χ1v) is 7.41. The van der Waals surface area contributed by atoms with E-state index >= 15 is 0 Å². The fourth-order valence-corrected chi connectivity index (χ4v) is 2.36. The summed E-state index contributed by atoms with van der Waals surface area (Å²) in [4.78, 5) is 0. The largest absolute Gasteiger partial charge is 0.389 e. The fourth-order valence-electron chi connectivity index (χ4n) is 2.36. The van der Waals surface area contributed by atoms with Crippen molar-refractivity contribution >= 4 is 7.85 Å². The van der Waals surface area contributed by atoms with Gasteiger partial charge in [0.05, 0.1) is 0 Å². The van der Waals surface area contributed by atoms with Crippen LogP contribution >= 0.6 is 0 Å². The minimum atomic E-state index is 0.528. The average Bonchev–Trinajstić information content (AvgIpc) is 2.33. The summed E-state index contributed by atoms with van der Waals surface area (Å²) in [6.45, 7) is 14.4. The molecule has 0 radical (unpaired) electrons. The van der Waals surface area contributed by atoms with Gasteiger partial charge >= 0.3 is 0 Å². The van der Waals surface area contributed by atoms with Gasteiger partial charge in [-0.25, -0.2) is 0 Å². The normalized spacial score (nSPS) is 13.4. The molecule has 0 spiro atoms. The Hall–Kier alpha value is -0.395.